The summed E-state index contributed by atoms with van der Waals surface area (Å²) in [7, 11) is 0. The molecular formula is C18H14N4O2. The molecule has 24 heavy (non-hydrogen) atoms. The Balaban J connectivity index is 2.03. The van der Waals surface area contributed by atoms with Gasteiger partial charge in [0.15, 0.2) is 12.1 Å². The third kappa shape index (κ3) is 2.75. The maximum absolute atomic E-state index is 12.7. The van der Waals surface area contributed by atoms with Gasteiger partial charge in [-0.2, -0.15) is 5.26 Å². The molecule has 1 aliphatic rings. The van der Waals surface area contributed by atoms with Crippen LogP contribution in [0.15, 0.2) is 58.7 Å². The van der Waals surface area contributed by atoms with Crippen LogP contribution in [0.1, 0.15) is 29.3 Å². The van der Waals surface area contributed by atoms with Crippen molar-refractivity contribution in [1.29, 1.82) is 5.26 Å². The molecule has 0 spiro atoms. The lowest BCUT2D eigenvalue weighted by Crippen LogP contribution is -2.18. The fourth-order valence-electron chi connectivity index (χ4n) is 2.49. The van der Waals surface area contributed by atoms with Gasteiger partial charge in [-0.05, 0) is 37.1 Å². The summed E-state index contributed by atoms with van der Waals surface area (Å²) in [6.45, 7) is 1.93. The minimum atomic E-state index is -0.235. The molecule has 6 nitrogen and oxygen atoms in total. The Bertz CT molecular complexity index is 979. The van der Waals surface area contributed by atoms with Gasteiger partial charge < -0.3 is 0 Å². The number of hydrogen-bond acceptors (Lipinski definition) is 4. The van der Waals surface area contributed by atoms with E-state index in [4.69, 9.17) is 5.26 Å². The number of H-pyrrole nitrogens is 1. The first kappa shape index (κ1) is 15.4. The van der Waals surface area contributed by atoms with E-state index >= 15 is 0 Å². The molecule has 0 saturated heterocycles. The number of carbonyl (C=O) groups excluding carboxylic acids is 1. The molecule has 0 aliphatic heterocycles. The molecule has 1 aliphatic carbocycles. The van der Waals surface area contributed by atoms with E-state index in [-0.39, 0.29) is 5.56 Å². The summed E-state index contributed by atoms with van der Waals surface area (Å²) in [6.07, 6.45) is 9.68. The van der Waals surface area contributed by atoms with Crippen LogP contribution >= 0.6 is 0 Å². The third-order valence-electron chi connectivity index (χ3n) is 3.84. The average molecular weight is 318 g/mol. The lowest BCUT2D eigenvalue weighted by atomic mass is 10.0. The van der Waals surface area contributed by atoms with Crippen molar-refractivity contribution in [2.24, 2.45) is 0 Å². The second kappa shape index (κ2) is 6.34. The molecule has 0 unspecified atom stereocenters. The summed E-state index contributed by atoms with van der Waals surface area (Å²) >= 11 is 0. The van der Waals surface area contributed by atoms with E-state index < -0.39 is 0 Å². The topological polar surface area (TPSA) is 91.5 Å². The molecule has 0 fully saturated rings. The van der Waals surface area contributed by atoms with E-state index in [0.29, 0.717) is 35.2 Å². The summed E-state index contributed by atoms with van der Waals surface area (Å²) in [5, 5.41) is 11.9. The Morgan fingerprint density at radius 1 is 1.38 bits per heavy atom. The third-order valence-corrected chi connectivity index (χ3v) is 3.84. The van der Waals surface area contributed by atoms with Crippen molar-refractivity contribution >= 4 is 11.9 Å². The fourth-order valence-corrected chi connectivity index (χ4v) is 2.49. The number of nitrogens with zero attached hydrogens (tertiary/aromatic N) is 3. The molecule has 0 radical (unpaired) electrons. The summed E-state index contributed by atoms with van der Waals surface area (Å²) in [5.74, 6) is 0.406. The largest absolute Gasteiger partial charge is 0.298 e. The van der Waals surface area contributed by atoms with Gasteiger partial charge in [-0.15, -0.1) is 0 Å². The number of nitriles is 1. The molecule has 0 amide bonds. The van der Waals surface area contributed by atoms with Crippen LogP contribution in [0.5, 0.6) is 0 Å². The Kier molecular flexibility index (Phi) is 4.08. The maximum Gasteiger partial charge on any atom is 0.280 e. The average Bonchev–Trinajstić information content (AvgIpc) is 2.88. The molecule has 0 atom stereocenters. The molecular weight excluding hydrogens is 304 g/mol. The van der Waals surface area contributed by atoms with Crippen LogP contribution in [0.3, 0.4) is 0 Å². The predicted octanol–water partition coefficient (Wildman–Crippen LogP) is 2.56. The van der Waals surface area contributed by atoms with Gasteiger partial charge in [-0.1, -0.05) is 17.7 Å². The summed E-state index contributed by atoms with van der Waals surface area (Å²) in [4.78, 5) is 27.5. The number of rotatable bonds is 3. The van der Waals surface area contributed by atoms with E-state index in [1.807, 2.05) is 13.0 Å². The van der Waals surface area contributed by atoms with E-state index in [1.165, 1.54) is 10.9 Å². The molecule has 2 heterocycles. The van der Waals surface area contributed by atoms with Gasteiger partial charge in [0.2, 0.25) is 0 Å². The van der Waals surface area contributed by atoms with Crippen molar-refractivity contribution < 1.29 is 4.79 Å². The van der Waals surface area contributed by atoms with Gasteiger partial charge in [-0.25, -0.2) is 9.67 Å². The Morgan fingerprint density at radius 2 is 2.21 bits per heavy atom. The highest BCUT2D eigenvalue weighted by Gasteiger charge is 2.14. The number of nitrogens with one attached hydrogen (secondary N) is 1. The molecule has 1 N–H and O–H groups in total. The van der Waals surface area contributed by atoms with E-state index in [1.54, 1.807) is 30.5 Å². The second-order valence-corrected chi connectivity index (χ2v) is 5.40. The Labute approximate surface area is 138 Å². The molecule has 118 valence electrons. The van der Waals surface area contributed by atoms with Gasteiger partial charge in [-0.3, -0.25) is 14.7 Å². The van der Waals surface area contributed by atoms with Gasteiger partial charge >= 0.3 is 0 Å². The zero-order valence-electron chi connectivity index (χ0n) is 13.0. The Hall–Kier alpha value is -3.46. The zero-order chi connectivity index (χ0) is 17.1. The molecule has 2 aromatic heterocycles. The number of allylic oxidation sites excluding steroid dienone is 6. The number of carbonyl (C=O) groups is 1. The molecule has 0 aromatic carbocycles. The normalized spacial score (nSPS) is 14.1. The molecule has 0 bridgehead atoms. The first-order chi connectivity index (χ1) is 11.6. The summed E-state index contributed by atoms with van der Waals surface area (Å²) < 4.78 is 1.32. The van der Waals surface area contributed by atoms with Crippen LogP contribution in [0.25, 0.3) is 11.4 Å². The highest BCUT2D eigenvalue weighted by Crippen LogP contribution is 2.24. The van der Waals surface area contributed by atoms with E-state index in [2.05, 4.69) is 16.2 Å². The van der Waals surface area contributed by atoms with Crippen molar-refractivity contribution in [3.63, 3.8) is 0 Å². The first-order valence-electron chi connectivity index (χ1n) is 7.34. The summed E-state index contributed by atoms with van der Waals surface area (Å²) in [5.41, 5.74) is 3.09. The predicted molar refractivity (Wildman–Crippen MR) is 89.6 cm³/mol. The van der Waals surface area contributed by atoms with Crippen LogP contribution < -0.4 is 5.56 Å². The lowest BCUT2D eigenvalue weighted by molar-refractivity contribution is 0.112. The van der Waals surface area contributed by atoms with Crippen LogP contribution in [0, 0.1) is 11.3 Å². The first-order valence-corrected chi connectivity index (χ1v) is 7.34. The van der Waals surface area contributed by atoms with Crippen LogP contribution in [-0.2, 0) is 0 Å². The van der Waals surface area contributed by atoms with Crippen molar-refractivity contribution in [1.82, 2.24) is 14.8 Å². The number of hydrogen-bond donors (Lipinski definition) is 1. The van der Waals surface area contributed by atoms with Crippen LogP contribution in [0.4, 0.5) is 0 Å². The Morgan fingerprint density at radius 3 is 2.88 bits per heavy atom. The SMILES string of the molecule is CC1=C(c2c[nH]n(-c3ccc(C=O)cn3)c2=O)C=CC(C#N)=CC1. The zero-order valence-corrected chi connectivity index (χ0v) is 13.0. The fraction of sp³-hybridized carbons (Fsp3) is 0.111. The van der Waals surface area contributed by atoms with Crippen molar-refractivity contribution in [3.05, 3.63) is 75.4 Å². The minimum absolute atomic E-state index is 0.235. The number of pyridine rings is 1. The number of aromatic amines is 1. The quantitative estimate of drug-likeness (QED) is 0.880. The van der Waals surface area contributed by atoms with Crippen molar-refractivity contribution in [3.8, 4) is 11.9 Å². The van der Waals surface area contributed by atoms with Gasteiger partial charge in [0, 0.05) is 23.5 Å². The van der Waals surface area contributed by atoms with E-state index in [9.17, 15) is 9.59 Å². The summed E-state index contributed by atoms with van der Waals surface area (Å²) in [6, 6.07) is 5.31. The van der Waals surface area contributed by atoms with E-state index in [0.717, 1.165) is 11.1 Å². The lowest BCUT2D eigenvalue weighted by Gasteiger charge is -2.02. The van der Waals surface area contributed by atoms with Gasteiger partial charge in [0.05, 0.1) is 11.6 Å². The van der Waals surface area contributed by atoms with Crippen molar-refractivity contribution in [2.45, 2.75) is 13.3 Å². The monoisotopic (exact) mass is 318 g/mol. The molecule has 2 aromatic rings. The highest BCUT2D eigenvalue weighted by molar-refractivity contribution is 5.78. The molecule has 3 rings (SSSR count). The van der Waals surface area contributed by atoms with Gasteiger partial charge in [0.25, 0.3) is 5.56 Å². The minimum Gasteiger partial charge on any atom is -0.298 e. The number of aldehydes is 1. The van der Waals surface area contributed by atoms with Crippen LogP contribution in [-0.4, -0.2) is 21.1 Å². The smallest absolute Gasteiger partial charge is 0.280 e. The standard InChI is InChI=1S/C18H14N4O2/c1-12-2-3-13(8-19)4-6-15(12)16-10-21-22(18(16)24)17-7-5-14(11-23)9-20-17/h3-7,9-11,21H,2H2,1H3. The van der Waals surface area contributed by atoms with Crippen LogP contribution in [0.2, 0.25) is 0 Å². The van der Waals surface area contributed by atoms with Gasteiger partial charge in [0.1, 0.15) is 0 Å². The molecule has 0 saturated carbocycles. The van der Waals surface area contributed by atoms with Crippen molar-refractivity contribution in [2.75, 3.05) is 0 Å². The maximum atomic E-state index is 12.7. The highest BCUT2D eigenvalue weighted by atomic mass is 16.1. The molecule has 6 heteroatoms. The second-order valence-electron chi connectivity index (χ2n) is 5.40. The number of aromatic nitrogens is 3.